The number of nitrogens with zero attached hydrogens (tertiary/aromatic N) is 1. The minimum Gasteiger partial charge on any atom is -0.464 e. The molecule has 0 spiro atoms. The molecule has 1 aromatic rings. The third kappa shape index (κ3) is 1.34. The minimum absolute atomic E-state index is 0.299. The van der Waals surface area contributed by atoms with Gasteiger partial charge < -0.3 is 10.5 Å². The Morgan fingerprint density at radius 1 is 1.50 bits per heavy atom. The molecule has 0 aliphatic heterocycles. The first-order valence-corrected chi connectivity index (χ1v) is 6.38. The smallest absolute Gasteiger partial charge is 0.359 e. The molecule has 16 heavy (non-hydrogen) atoms. The monoisotopic (exact) mass is 238 g/mol. The molecule has 2 unspecified atom stereocenters. The molecule has 0 bridgehead atoms. The van der Waals surface area contributed by atoms with Gasteiger partial charge in [0.15, 0.2) is 5.69 Å². The van der Waals surface area contributed by atoms with Gasteiger partial charge in [0.1, 0.15) is 5.00 Å². The molecular formula is C11H14N2O2S. The molecule has 0 saturated heterocycles. The van der Waals surface area contributed by atoms with Crippen LogP contribution in [-0.2, 0) is 4.74 Å². The van der Waals surface area contributed by atoms with E-state index in [1.54, 1.807) is 0 Å². The van der Waals surface area contributed by atoms with Crippen LogP contribution in [0.15, 0.2) is 0 Å². The summed E-state index contributed by atoms with van der Waals surface area (Å²) in [7, 11) is 1.35. The Kier molecular flexibility index (Phi) is 2.17. The van der Waals surface area contributed by atoms with Crippen LogP contribution in [0.4, 0.5) is 5.00 Å². The summed E-state index contributed by atoms with van der Waals surface area (Å²) in [5.74, 6) is 1.75. The Labute approximate surface area is 97.8 Å². The average Bonchev–Trinajstić information content (AvgIpc) is 2.69. The number of esters is 1. The van der Waals surface area contributed by atoms with Crippen molar-refractivity contribution in [2.75, 3.05) is 12.8 Å². The number of carbonyl (C=O) groups excluding carboxylic acids is 1. The van der Waals surface area contributed by atoms with Crippen molar-refractivity contribution in [2.45, 2.75) is 25.2 Å². The van der Waals surface area contributed by atoms with Crippen LogP contribution in [0, 0.1) is 11.8 Å². The van der Waals surface area contributed by atoms with Crippen LogP contribution in [0.3, 0.4) is 0 Å². The maximum atomic E-state index is 11.4. The highest BCUT2D eigenvalue weighted by atomic mass is 32.1. The van der Waals surface area contributed by atoms with Crippen LogP contribution < -0.4 is 5.73 Å². The van der Waals surface area contributed by atoms with Crippen LogP contribution in [0.5, 0.6) is 0 Å². The van der Waals surface area contributed by atoms with Crippen molar-refractivity contribution in [2.24, 2.45) is 11.8 Å². The Balaban J connectivity index is 1.85. The van der Waals surface area contributed by atoms with Gasteiger partial charge in [0, 0.05) is 5.92 Å². The molecule has 0 amide bonds. The fourth-order valence-electron chi connectivity index (χ4n) is 2.92. The number of methoxy groups -OCH3 is 1. The maximum absolute atomic E-state index is 11.4. The van der Waals surface area contributed by atoms with Gasteiger partial charge in [-0.25, -0.2) is 9.78 Å². The summed E-state index contributed by atoms with van der Waals surface area (Å²) in [6.45, 7) is 0. The highest BCUT2D eigenvalue weighted by Gasteiger charge is 2.54. The Morgan fingerprint density at radius 3 is 2.81 bits per heavy atom. The number of rotatable bonds is 2. The van der Waals surface area contributed by atoms with E-state index in [-0.39, 0.29) is 0 Å². The van der Waals surface area contributed by atoms with Gasteiger partial charge in [0.05, 0.1) is 12.1 Å². The summed E-state index contributed by atoms with van der Waals surface area (Å²) < 4.78 is 4.65. The van der Waals surface area contributed by atoms with Crippen LogP contribution in [-0.4, -0.2) is 18.1 Å². The predicted molar refractivity (Wildman–Crippen MR) is 61.4 cm³/mol. The van der Waals surface area contributed by atoms with Gasteiger partial charge in [-0.15, -0.1) is 11.3 Å². The van der Waals surface area contributed by atoms with Crippen molar-refractivity contribution in [1.29, 1.82) is 0 Å². The number of ether oxygens (including phenoxy) is 1. The van der Waals surface area contributed by atoms with Gasteiger partial charge in [0.25, 0.3) is 0 Å². The van der Waals surface area contributed by atoms with Crippen molar-refractivity contribution < 1.29 is 9.53 Å². The number of fused-ring (bicyclic) bond motifs is 1. The lowest BCUT2D eigenvalue weighted by molar-refractivity contribution is 0.0596. The largest absolute Gasteiger partial charge is 0.464 e. The quantitative estimate of drug-likeness (QED) is 0.801. The normalized spacial score (nSPS) is 31.2. The van der Waals surface area contributed by atoms with Crippen LogP contribution in [0.1, 0.15) is 40.7 Å². The van der Waals surface area contributed by atoms with Gasteiger partial charge in [-0.05, 0) is 24.7 Å². The molecule has 86 valence electrons. The molecule has 2 aliphatic carbocycles. The summed E-state index contributed by atoms with van der Waals surface area (Å²) in [4.78, 5) is 15.7. The van der Waals surface area contributed by atoms with Crippen LogP contribution in [0.2, 0.25) is 0 Å². The average molecular weight is 238 g/mol. The second kappa shape index (κ2) is 3.45. The second-order valence-electron chi connectivity index (χ2n) is 4.54. The topological polar surface area (TPSA) is 65.2 Å². The Bertz CT molecular complexity index is 433. The highest BCUT2D eigenvalue weighted by molar-refractivity contribution is 7.16. The summed E-state index contributed by atoms with van der Waals surface area (Å²) in [6, 6.07) is 0. The number of thiazole rings is 1. The standard InChI is InChI=1S/C11H14N2O2S/c1-15-11(14)8-9(12)16-10(13-8)7-5-3-2-4-6(5)7/h5-7H,2-4,12H2,1H3. The molecule has 2 N–H and O–H groups in total. The lowest BCUT2D eigenvalue weighted by atomic mass is 10.1. The summed E-state index contributed by atoms with van der Waals surface area (Å²) in [5.41, 5.74) is 6.09. The van der Waals surface area contributed by atoms with E-state index in [1.165, 1.54) is 37.7 Å². The van der Waals surface area contributed by atoms with Crippen molar-refractivity contribution >= 4 is 22.3 Å². The summed E-state index contributed by atoms with van der Waals surface area (Å²) in [5, 5.41) is 1.53. The molecule has 0 radical (unpaired) electrons. The van der Waals surface area contributed by atoms with Gasteiger partial charge in [-0.2, -0.15) is 0 Å². The number of nitrogen functional groups attached to an aromatic ring is 1. The molecule has 1 heterocycles. The molecule has 2 aliphatic rings. The molecule has 1 aromatic heterocycles. The van der Waals surface area contributed by atoms with E-state index < -0.39 is 5.97 Å². The fourth-order valence-corrected chi connectivity index (χ4v) is 4.00. The minimum atomic E-state index is -0.425. The van der Waals surface area contributed by atoms with Crippen molar-refractivity contribution in [1.82, 2.24) is 4.98 Å². The van der Waals surface area contributed by atoms with Crippen molar-refractivity contribution in [3.05, 3.63) is 10.7 Å². The number of aromatic nitrogens is 1. The zero-order chi connectivity index (χ0) is 11.3. The van der Waals surface area contributed by atoms with Crippen LogP contribution >= 0.6 is 11.3 Å². The molecule has 2 atom stereocenters. The first kappa shape index (κ1) is 10.1. The van der Waals surface area contributed by atoms with E-state index in [0.29, 0.717) is 16.6 Å². The SMILES string of the molecule is COC(=O)c1nc(C2C3CCCC32)sc1N. The molecule has 2 fully saturated rings. The van der Waals surface area contributed by atoms with E-state index >= 15 is 0 Å². The molecular weight excluding hydrogens is 224 g/mol. The molecule has 5 heteroatoms. The predicted octanol–water partition coefficient (Wildman–Crippen LogP) is 2.03. The van der Waals surface area contributed by atoms with Crippen molar-refractivity contribution in [3.63, 3.8) is 0 Å². The third-order valence-corrected chi connectivity index (χ3v) is 4.73. The first-order valence-electron chi connectivity index (χ1n) is 5.57. The summed E-state index contributed by atoms with van der Waals surface area (Å²) >= 11 is 1.45. The number of nitrogens with two attached hydrogens (primary N) is 1. The first-order chi connectivity index (χ1) is 7.72. The van der Waals surface area contributed by atoms with Gasteiger partial charge in [0.2, 0.25) is 0 Å². The van der Waals surface area contributed by atoms with Gasteiger partial charge in [-0.1, -0.05) is 6.42 Å². The van der Waals surface area contributed by atoms with Crippen molar-refractivity contribution in [3.8, 4) is 0 Å². The number of hydrogen-bond donors (Lipinski definition) is 1. The maximum Gasteiger partial charge on any atom is 0.359 e. The molecule has 4 nitrogen and oxygen atoms in total. The lowest BCUT2D eigenvalue weighted by Crippen LogP contribution is -2.04. The zero-order valence-corrected chi connectivity index (χ0v) is 9.92. The lowest BCUT2D eigenvalue weighted by Gasteiger charge is -1.97. The number of carbonyl (C=O) groups is 1. The van der Waals surface area contributed by atoms with Crippen LogP contribution in [0.25, 0.3) is 0 Å². The zero-order valence-electron chi connectivity index (χ0n) is 9.10. The second-order valence-corrected chi connectivity index (χ2v) is 5.60. The number of hydrogen-bond acceptors (Lipinski definition) is 5. The van der Waals surface area contributed by atoms with E-state index in [9.17, 15) is 4.79 Å². The van der Waals surface area contributed by atoms with E-state index in [1.807, 2.05) is 0 Å². The summed E-state index contributed by atoms with van der Waals surface area (Å²) in [6.07, 6.45) is 3.96. The van der Waals surface area contributed by atoms with E-state index in [2.05, 4.69) is 9.72 Å². The molecule has 0 aromatic carbocycles. The van der Waals surface area contributed by atoms with Gasteiger partial charge in [-0.3, -0.25) is 0 Å². The highest BCUT2D eigenvalue weighted by Crippen LogP contribution is 2.63. The Morgan fingerprint density at radius 2 is 2.19 bits per heavy atom. The fraction of sp³-hybridized carbons (Fsp3) is 0.636. The molecule has 2 saturated carbocycles. The third-order valence-electron chi connectivity index (χ3n) is 3.74. The van der Waals surface area contributed by atoms with E-state index in [4.69, 9.17) is 5.73 Å². The van der Waals surface area contributed by atoms with Gasteiger partial charge >= 0.3 is 5.97 Å². The van der Waals surface area contributed by atoms with E-state index in [0.717, 1.165) is 16.8 Å². The molecule has 3 rings (SSSR count). The Hall–Kier alpha value is -1.10. The number of anilines is 1.